The van der Waals surface area contributed by atoms with Crippen LogP contribution in [0.3, 0.4) is 0 Å². The van der Waals surface area contributed by atoms with Crippen LogP contribution in [0.4, 0.5) is 34.1 Å². The Balaban J connectivity index is 1.03. The van der Waals surface area contributed by atoms with Crippen LogP contribution in [0.5, 0.6) is 0 Å². The van der Waals surface area contributed by atoms with Crippen molar-refractivity contribution in [3.05, 3.63) is 217 Å². The lowest BCUT2D eigenvalue weighted by Gasteiger charge is -2.28. The van der Waals surface area contributed by atoms with Gasteiger partial charge in [0.25, 0.3) is 0 Å². The van der Waals surface area contributed by atoms with Gasteiger partial charge in [0, 0.05) is 39.5 Å². The fourth-order valence-electron chi connectivity index (χ4n) is 7.92. The number of benzene rings is 8. The molecule has 8 aromatic carbocycles. The maximum Gasteiger partial charge on any atom is 0.0465 e. The van der Waals surface area contributed by atoms with E-state index in [2.05, 4.69) is 230 Å². The third kappa shape index (κ3) is 5.99. The van der Waals surface area contributed by atoms with E-state index in [0.29, 0.717) is 0 Å². The smallest absolute Gasteiger partial charge is 0.0465 e. The molecular formula is C51H40N2. The van der Waals surface area contributed by atoms with Gasteiger partial charge in [-0.3, -0.25) is 0 Å². The van der Waals surface area contributed by atoms with Crippen molar-refractivity contribution in [2.75, 3.05) is 9.80 Å². The van der Waals surface area contributed by atoms with Crippen molar-refractivity contribution >= 4 is 34.1 Å². The monoisotopic (exact) mass is 680 g/mol. The lowest BCUT2D eigenvalue weighted by molar-refractivity contribution is 0.660. The first-order valence-electron chi connectivity index (χ1n) is 18.4. The van der Waals surface area contributed by atoms with E-state index in [4.69, 9.17) is 0 Å². The molecule has 0 aromatic heterocycles. The Morgan fingerprint density at radius 3 is 1.11 bits per heavy atom. The van der Waals surface area contributed by atoms with Crippen LogP contribution in [0.1, 0.15) is 25.0 Å². The molecule has 1 aliphatic rings. The highest BCUT2D eigenvalue weighted by molar-refractivity contribution is 5.86. The van der Waals surface area contributed by atoms with E-state index in [1.54, 1.807) is 0 Å². The van der Waals surface area contributed by atoms with Crippen LogP contribution < -0.4 is 9.80 Å². The molecular weight excluding hydrogens is 641 g/mol. The molecule has 2 heteroatoms. The summed E-state index contributed by atoms with van der Waals surface area (Å²) in [5.74, 6) is 0. The molecule has 254 valence electrons. The minimum Gasteiger partial charge on any atom is -0.311 e. The molecule has 0 spiro atoms. The SMILES string of the molecule is CC1(C)c2ccccc2-c2ccc(N(c3ccccc3)c3ccc(-c4ccc(N(c5ccccc5)c5ccc(-c6ccccc6)cc5)cc4)cc3)cc21. The fourth-order valence-corrected chi connectivity index (χ4v) is 7.92. The molecule has 0 fully saturated rings. The molecule has 0 aliphatic heterocycles. The minimum absolute atomic E-state index is 0.0674. The maximum absolute atomic E-state index is 2.39. The summed E-state index contributed by atoms with van der Waals surface area (Å²) in [5.41, 5.74) is 16.9. The van der Waals surface area contributed by atoms with E-state index < -0.39 is 0 Å². The summed E-state index contributed by atoms with van der Waals surface area (Å²) in [6.07, 6.45) is 0. The number of nitrogens with zero attached hydrogens (tertiary/aromatic N) is 2. The molecule has 0 heterocycles. The van der Waals surface area contributed by atoms with E-state index in [1.165, 1.54) is 44.5 Å². The summed E-state index contributed by atoms with van der Waals surface area (Å²) < 4.78 is 0. The number of rotatable bonds is 8. The summed E-state index contributed by atoms with van der Waals surface area (Å²) >= 11 is 0. The Morgan fingerprint density at radius 2 is 0.623 bits per heavy atom. The van der Waals surface area contributed by atoms with Crippen molar-refractivity contribution in [3.8, 4) is 33.4 Å². The van der Waals surface area contributed by atoms with Crippen LogP contribution in [-0.4, -0.2) is 0 Å². The number of fused-ring (bicyclic) bond motifs is 3. The molecule has 2 nitrogen and oxygen atoms in total. The predicted octanol–water partition coefficient (Wildman–Crippen LogP) is 14.3. The highest BCUT2D eigenvalue weighted by Gasteiger charge is 2.35. The van der Waals surface area contributed by atoms with Gasteiger partial charge in [-0.05, 0) is 117 Å². The van der Waals surface area contributed by atoms with Crippen LogP contribution in [0.25, 0.3) is 33.4 Å². The van der Waals surface area contributed by atoms with Crippen molar-refractivity contribution in [1.82, 2.24) is 0 Å². The average molecular weight is 681 g/mol. The molecule has 9 rings (SSSR count). The zero-order chi connectivity index (χ0) is 35.8. The maximum atomic E-state index is 2.39. The molecule has 53 heavy (non-hydrogen) atoms. The molecule has 0 N–H and O–H groups in total. The number of hydrogen-bond donors (Lipinski definition) is 0. The van der Waals surface area contributed by atoms with Crippen molar-refractivity contribution in [1.29, 1.82) is 0 Å². The van der Waals surface area contributed by atoms with Gasteiger partial charge < -0.3 is 9.80 Å². The number of hydrogen-bond acceptors (Lipinski definition) is 2. The fraction of sp³-hybridized carbons (Fsp3) is 0.0588. The Labute approximate surface area is 312 Å². The Kier molecular flexibility index (Phi) is 8.21. The van der Waals surface area contributed by atoms with Gasteiger partial charge in [0.15, 0.2) is 0 Å². The van der Waals surface area contributed by atoms with Gasteiger partial charge in [-0.2, -0.15) is 0 Å². The average Bonchev–Trinajstić information content (AvgIpc) is 3.45. The van der Waals surface area contributed by atoms with Crippen LogP contribution >= 0.6 is 0 Å². The third-order valence-corrected chi connectivity index (χ3v) is 10.7. The first-order chi connectivity index (χ1) is 26.0. The van der Waals surface area contributed by atoms with Gasteiger partial charge in [-0.25, -0.2) is 0 Å². The quantitative estimate of drug-likeness (QED) is 0.158. The van der Waals surface area contributed by atoms with Crippen LogP contribution in [-0.2, 0) is 5.41 Å². The second kappa shape index (κ2) is 13.5. The lowest BCUT2D eigenvalue weighted by Crippen LogP contribution is -2.16. The molecule has 0 amide bonds. The van der Waals surface area contributed by atoms with Gasteiger partial charge in [0.2, 0.25) is 0 Å². The van der Waals surface area contributed by atoms with Gasteiger partial charge in [0.05, 0.1) is 0 Å². The second-order valence-electron chi connectivity index (χ2n) is 14.2. The molecule has 0 saturated carbocycles. The van der Waals surface area contributed by atoms with Crippen LogP contribution in [0.2, 0.25) is 0 Å². The topological polar surface area (TPSA) is 6.48 Å². The van der Waals surface area contributed by atoms with Crippen molar-refractivity contribution in [2.24, 2.45) is 0 Å². The normalized spacial score (nSPS) is 12.5. The summed E-state index contributed by atoms with van der Waals surface area (Å²) in [4.78, 5) is 4.68. The van der Waals surface area contributed by atoms with E-state index in [9.17, 15) is 0 Å². The Hall–Kier alpha value is -6.64. The lowest BCUT2D eigenvalue weighted by atomic mass is 9.82. The Bertz CT molecular complexity index is 2490. The highest BCUT2D eigenvalue weighted by Crippen LogP contribution is 2.50. The highest BCUT2D eigenvalue weighted by atomic mass is 15.1. The van der Waals surface area contributed by atoms with Gasteiger partial charge in [-0.1, -0.05) is 147 Å². The van der Waals surface area contributed by atoms with Gasteiger partial charge in [-0.15, -0.1) is 0 Å². The number of para-hydroxylation sites is 2. The standard InChI is InChI=1S/C51H40N2/c1-51(2)49-21-13-12-20-47(49)48-35-34-46(36-50(48)51)53(42-18-10-5-11-19-42)45-32-26-40(27-33-45)39-24-30-44(31-25-39)52(41-16-8-4-9-17-41)43-28-22-38(23-29-43)37-14-6-3-7-15-37/h3-36H,1-2H3. The van der Waals surface area contributed by atoms with Crippen molar-refractivity contribution in [2.45, 2.75) is 19.3 Å². The third-order valence-electron chi connectivity index (χ3n) is 10.7. The summed E-state index contributed by atoms with van der Waals surface area (Å²) in [6.45, 7) is 4.68. The minimum atomic E-state index is -0.0674. The van der Waals surface area contributed by atoms with E-state index in [0.717, 1.165) is 34.1 Å². The molecule has 0 saturated heterocycles. The summed E-state index contributed by atoms with van der Waals surface area (Å²) in [7, 11) is 0. The summed E-state index contributed by atoms with van der Waals surface area (Å²) in [5, 5.41) is 0. The molecule has 1 aliphatic carbocycles. The van der Waals surface area contributed by atoms with Crippen molar-refractivity contribution in [3.63, 3.8) is 0 Å². The molecule has 0 radical (unpaired) electrons. The predicted molar refractivity (Wildman–Crippen MR) is 224 cm³/mol. The number of anilines is 6. The summed E-state index contributed by atoms with van der Waals surface area (Å²) in [6, 6.07) is 74.3. The van der Waals surface area contributed by atoms with E-state index >= 15 is 0 Å². The van der Waals surface area contributed by atoms with E-state index in [-0.39, 0.29) is 5.41 Å². The van der Waals surface area contributed by atoms with Gasteiger partial charge >= 0.3 is 0 Å². The Morgan fingerprint density at radius 1 is 0.283 bits per heavy atom. The van der Waals surface area contributed by atoms with Crippen molar-refractivity contribution < 1.29 is 0 Å². The zero-order valence-corrected chi connectivity index (χ0v) is 30.0. The van der Waals surface area contributed by atoms with Crippen LogP contribution in [0.15, 0.2) is 206 Å². The second-order valence-corrected chi connectivity index (χ2v) is 14.2. The van der Waals surface area contributed by atoms with E-state index in [1.807, 2.05) is 0 Å². The zero-order valence-electron chi connectivity index (χ0n) is 30.0. The van der Waals surface area contributed by atoms with Crippen LogP contribution in [0, 0.1) is 0 Å². The molecule has 0 unspecified atom stereocenters. The molecule has 8 aromatic rings. The first-order valence-corrected chi connectivity index (χ1v) is 18.4. The first kappa shape index (κ1) is 32.3. The van der Waals surface area contributed by atoms with Gasteiger partial charge in [0.1, 0.15) is 0 Å². The molecule has 0 bridgehead atoms. The molecule has 0 atom stereocenters. The largest absolute Gasteiger partial charge is 0.311 e.